The molecule has 8 heteroatoms. The number of aliphatic hydroxyl groups excluding tert-OH is 3. The third kappa shape index (κ3) is 11.1. The van der Waals surface area contributed by atoms with E-state index in [2.05, 4.69) is 6.92 Å². The summed E-state index contributed by atoms with van der Waals surface area (Å²) < 4.78 is 0. The van der Waals surface area contributed by atoms with Crippen LogP contribution in [-0.4, -0.2) is 56.2 Å². The van der Waals surface area contributed by atoms with Gasteiger partial charge in [-0.05, 0) is 18.9 Å². The predicted octanol–water partition coefficient (Wildman–Crippen LogP) is 1.42. The van der Waals surface area contributed by atoms with Crippen molar-refractivity contribution in [3.8, 4) is 0 Å². The van der Waals surface area contributed by atoms with Gasteiger partial charge in [-0.3, -0.25) is 9.59 Å². The summed E-state index contributed by atoms with van der Waals surface area (Å²) in [5.74, 6) is -2.61. The molecule has 2 amide bonds. The van der Waals surface area contributed by atoms with Gasteiger partial charge in [0.2, 0.25) is 5.91 Å². The van der Waals surface area contributed by atoms with Crippen molar-refractivity contribution in [3.05, 3.63) is 12.2 Å². The molecule has 0 aromatic rings. The molecule has 176 valence electrons. The highest BCUT2D eigenvalue weighted by atomic mass is 16.4. The molecule has 0 radical (unpaired) electrons. The van der Waals surface area contributed by atoms with Crippen molar-refractivity contribution in [2.45, 2.75) is 114 Å². The van der Waals surface area contributed by atoms with Crippen LogP contribution in [0.4, 0.5) is 0 Å². The van der Waals surface area contributed by atoms with Gasteiger partial charge in [-0.2, -0.15) is 0 Å². The molecule has 0 saturated carbocycles. The number of carbonyl (C=O) groups excluding carboxylic acids is 2. The lowest BCUT2D eigenvalue weighted by Gasteiger charge is -2.31. The Kier molecular flexibility index (Phi) is 15.4. The van der Waals surface area contributed by atoms with E-state index in [0.717, 1.165) is 25.3 Å². The SMILES string of the molecule is CCCCCCCCCCCCCC/C=C/C(O)(C(N)=O)C(O)C(O)C(O)C(N)=O. The Morgan fingerprint density at radius 3 is 1.67 bits per heavy atom. The first-order valence-corrected chi connectivity index (χ1v) is 11.2. The lowest BCUT2D eigenvalue weighted by Crippen LogP contribution is -2.60. The fourth-order valence-corrected chi connectivity index (χ4v) is 3.29. The van der Waals surface area contributed by atoms with Crippen molar-refractivity contribution < 1.29 is 30.0 Å². The average molecular weight is 431 g/mol. The zero-order chi connectivity index (χ0) is 23.0. The lowest BCUT2D eigenvalue weighted by molar-refractivity contribution is -0.164. The van der Waals surface area contributed by atoms with E-state index in [1.54, 1.807) is 0 Å². The normalized spacial score (nSPS) is 16.8. The van der Waals surface area contributed by atoms with Gasteiger partial charge in [0.05, 0.1) is 0 Å². The standard InChI is InChI=1S/C22H42N2O6/c1-2-3-4-5-6-7-8-9-10-11-12-13-14-15-16-22(30,21(24)29)19(27)17(25)18(26)20(23)28/h15-19,25-27,30H,2-14H2,1H3,(H2,23,28)(H2,24,29)/b16-15+. The fourth-order valence-electron chi connectivity index (χ4n) is 3.29. The summed E-state index contributed by atoms with van der Waals surface area (Å²) in [6, 6.07) is 0. The van der Waals surface area contributed by atoms with Gasteiger partial charge in [-0.15, -0.1) is 0 Å². The van der Waals surface area contributed by atoms with Crippen LogP contribution < -0.4 is 11.5 Å². The molecule has 4 atom stereocenters. The monoisotopic (exact) mass is 430 g/mol. The van der Waals surface area contributed by atoms with Gasteiger partial charge in [0, 0.05) is 0 Å². The summed E-state index contributed by atoms with van der Waals surface area (Å²) in [6.07, 6.45) is 11.1. The molecule has 30 heavy (non-hydrogen) atoms. The highest BCUT2D eigenvalue weighted by molar-refractivity contribution is 5.87. The number of amides is 2. The van der Waals surface area contributed by atoms with Crippen molar-refractivity contribution in [1.82, 2.24) is 0 Å². The molecule has 0 heterocycles. The zero-order valence-corrected chi connectivity index (χ0v) is 18.3. The minimum Gasteiger partial charge on any atom is -0.387 e. The number of hydrogen-bond donors (Lipinski definition) is 6. The van der Waals surface area contributed by atoms with Crippen LogP contribution in [0.2, 0.25) is 0 Å². The first-order valence-electron chi connectivity index (χ1n) is 11.2. The van der Waals surface area contributed by atoms with Crippen LogP contribution in [0.3, 0.4) is 0 Å². The maximum Gasteiger partial charge on any atom is 0.256 e. The second kappa shape index (κ2) is 16.2. The molecule has 0 aromatic heterocycles. The Bertz CT molecular complexity index is 514. The Morgan fingerprint density at radius 1 is 0.833 bits per heavy atom. The number of hydrogen-bond acceptors (Lipinski definition) is 6. The first-order chi connectivity index (χ1) is 14.2. The van der Waals surface area contributed by atoms with Crippen LogP contribution in [-0.2, 0) is 9.59 Å². The van der Waals surface area contributed by atoms with E-state index in [1.165, 1.54) is 63.9 Å². The van der Waals surface area contributed by atoms with E-state index in [-0.39, 0.29) is 0 Å². The van der Waals surface area contributed by atoms with Crippen molar-refractivity contribution in [2.75, 3.05) is 0 Å². The molecule has 0 aliphatic heterocycles. The first kappa shape index (κ1) is 28.5. The smallest absolute Gasteiger partial charge is 0.256 e. The van der Waals surface area contributed by atoms with E-state index in [1.807, 2.05) is 0 Å². The average Bonchev–Trinajstić information content (AvgIpc) is 2.71. The van der Waals surface area contributed by atoms with E-state index in [9.17, 15) is 30.0 Å². The molecular formula is C22H42N2O6. The summed E-state index contributed by atoms with van der Waals surface area (Å²) in [4.78, 5) is 22.5. The third-order valence-electron chi connectivity index (χ3n) is 5.38. The summed E-state index contributed by atoms with van der Waals surface area (Å²) in [5.41, 5.74) is 7.36. The molecule has 0 rings (SSSR count). The lowest BCUT2D eigenvalue weighted by atomic mass is 9.88. The molecule has 4 unspecified atom stereocenters. The van der Waals surface area contributed by atoms with E-state index in [4.69, 9.17) is 11.5 Å². The molecule has 0 aliphatic carbocycles. The van der Waals surface area contributed by atoms with Crippen molar-refractivity contribution >= 4 is 11.8 Å². The molecular weight excluding hydrogens is 388 g/mol. The van der Waals surface area contributed by atoms with Gasteiger partial charge < -0.3 is 31.9 Å². The Labute approximate surface area is 180 Å². The van der Waals surface area contributed by atoms with Gasteiger partial charge in [0.15, 0.2) is 11.7 Å². The minimum atomic E-state index is -2.62. The number of nitrogens with two attached hydrogens (primary N) is 2. The molecule has 8 nitrogen and oxygen atoms in total. The maximum absolute atomic E-state index is 11.6. The fraction of sp³-hybridized carbons (Fsp3) is 0.818. The van der Waals surface area contributed by atoms with Crippen molar-refractivity contribution in [3.63, 3.8) is 0 Å². The van der Waals surface area contributed by atoms with Gasteiger partial charge in [-0.25, -0.2) is 0 Å². The predicted molar refractivity (Wildman–Crippen MR) is 116 cm³/mol. The maximum atomic E-state index is 11.6. The van der Waals surface area contributed by atoms with E-state index in [0.29, 0.717) is 6.42 Å². The van der Waals surface area contributed by atoms with Crippen molar-refractivity contribution in [1.29, 1.82) is 0 Å². The summed E-state index contributed by atoms with van der Waals surface area (Å²) >= 11 is 0. The van der Waals surface area contributed by atoms with Crippen LogP contribution in [0.15, 0.2) is 12.2 Å². The van der Waals surface area contributed by atoms with Crippen LogP contribution in [0.5, 0.6) is 0 Å². The van der Waals surface area contributed by atoms with Crippen LogP contribution in [0, 0.1) is 0 Å². The highest BCUT2D eigenvalue weighted by Crippen LogP contribution is 2.19. The van der Waals surface area contributed by atoms with E-state index < -0.39 is 35.7 Å². The Balaban J connectivity index is 4.12. The van der Waals surface area contributed by atoms with Gasteiger partial charge in [0.25, 0.3) is 5.91 Å². The molecule has 8 N–H and O–H groups in total. The summed E-state index contributed by atoms with van der Waals surface area (Å²) in [6.45, 7) is 2.22. The molecule has 0 saturated heterocycles. The number of allylic oxidation sites excluding steroid dienone is 1. The number of rotatable bonds is 19. The van der Waals surface area contributed by atoms with Crippen LogP contribution in [0.25, 0.3) is 0 Å². The second-order valence-corrected chi connectivity index (χ2v) is 8.05. The minimum absolute atomic E-state index is 0.550. The zero-order valence-electron chi connectivity index (χ0n) is 18.3. The van der Waals surface area contributed by atoms with E-state index >= 15 is 0 Å². The number of unbranched alkanes of at least 4 members (excludes halogenated alkanes) is 12. The number of carbonyl (C=O) groups is 2. The molecule has 0 spiro atoms. The van der Waals surface area contributed by atoms with Gasteiger partial charge in [-0.1, -0.05) is 83.6 Å². The largest absolute Gasteiger partial charge is 0.387 e. The van der Waals surface area contributed by atoms with Crippen molar-refractivity contribution in [2.24, 2.45) is 11.5 Å². The molecule has 0 aromatic carbocycles. The van der Waals surface area contributed by atoms with Crippen LogP contribution >= 0.6 is 0 Å². The number of primary amides is 2. The quantitative estimate of drug-likeness (QED) is 0.134. The molecule has 0 fully saturated rings. The third-order valence-corrected chi connectivity index (χ3v) is 5.38. The Morgan fingerprint density at radius 2 is 1.27 bits per heavy atom. The highest BCUT2D eigenvalue weighted by Gasteiger charge is 2.46. The number of aliphatic hydroxyl groups is 4. The molecule has 0 aliphatic rings. The van der Waals surface area contributed by atoms with Crippen LogP contribution in [0.1, 0.15) is 90.4 Å². The summed E-state index contributed by atoms with van der Waals surface area (Å²) in [7, 11) is 0. The second-order valence-electron chi connectivity index (χ2n) is 8.05. The topological polar surface area (TPSA) is 167 Å². The Hall–Kier alpha value is -1.48. The van der Waals surface area contributed by atoms with Gasteiger partial charge >= 0.3 is 0 Å². The molecule has 0 bridgehead atoms. The van der Waals surface area contributed by atoms with Gasteiger partial charge in [0.1, 0.15) is 12.2 Å². The summed E-state index contributed by atoms with van der Waals surface area (Å²) in [5, 5.41) is 39.5.